The van der Waals surface area contributed by atoms with Gasteiger partial charge in [0.25, 0.3) is 5.69 Å². The fraction of sp³-hybridized carbons (Fsp3) is 0.462. The number of non-ortho nitro benzene ring substituents is 1. The predicted molar refractivity (Wildman–Crippen MR) is 77.2 cm³/mol. The molecule has 104 valence electrons. The van der Waals surface area contributed by atoms with E-state index in [9.17, 15) is 14.9 Å². The fourth-order valence-corrected chi connectivity index (χ4v) is 2.23. The minimum Gasteiger partial charge on any atom is -0.353 e. The molecule has 1 N–H and O–H groups in total. The molecule has 0 aliphatic heterocycles. The Morgan fingerprint density at radius 1 is 1.53 bits per heavy atom. The summed E-state index contributed by atoms with van der Waals surface area (Å²) in [5.41, 5.74) is 0.942. The van der Waals surface area contributed by atoms with E-state index in [0.29, 0.717) is 11.5 Å². The Balaban J connectivity index is 2.39. The van der Waals surface area contributed by atoms with Gasteiger partial charge in [0.05, 0.1) is 10.7 Å². The van der Waals surface area contributed by atoms with Crippen molar-refractivity contribution in [1.29, 1.82) is 0 Å². The molecule has 0 heterocycles. The highest BCUT2D eigenvalue weighted by atomic mass is 32.2. The molecule has 1 atom stereocenters. The fourth-order valence-electron chi connectivity index (χ4n) is 1.44. The molecule has 1 aromatic rings. The van der Waals surface area contributed by atoms with Crippen molar-refractivity contribution in [3.05, 3.63) is 39.9 Å². The first-order valence-corrected chi connectivity index (χ1v) is 7.28. The van der Waals surface area contributed by atoms with Crippen molar-refractivity contribution < 1.29 is 9.72 Å². The normalized spacial score (nSPS) is 11.9. The SMILES string of the molecule is CC[C@H](C)NC(=O)CSCc1cccc([N+](=O)[O-])c1. The van der Waals surface area contributed by atoms with Crippen LogP contribution in [0.5, 0.6) is 0 Å². The van der Waals surface area contributed by atoms with E-state index < -0.39 is 4.92 Å². The van der Waals surface area contributed by atoms with Gasteiger partial charge < -0.3 is 5.32 Å². The summed E-state index contributed by atoms with van der Waals surface area (Å²) in [6.07, 6.45) is 0.904. The molecule has 0 aliphatic rings. The summed E-state index contributed by atoms with van der Waals surface area (Å²) in [5, 5.41) is 13.5. The van der Waals surface area contributed by atoms with Crippen LogP contribution < -0.4 is 5.32 Å². The molecular formula is C13H18N2O3S. The number of nitro benzene ring substituents is 1. The molecule has 1 aromatic carbocycles. The highest BCUT2D eigenvalue weighted by molar-refractivity contribution is 7.99. The Hall–Kier alpha value is -1.56. The number of hydrogen-bond acceptors (Lipinski definition) is 4. The van der Waals surface area contributed by atoms with Crippen molar-refractivity contribution in [3.8, 4) is 0 Å². The molecule has 0 aromatic heterocycles. The van der Waals surface area contributed by atoms with Crippen LogP contribution in [0.2, 0.25) is 0 Å². The molecule has 0 saturated carbocycles. The summed E-state index contributed by atoms with van der Waals surface area (Å²) in [6.45, 7) is 3.98. The first-order valence-electron chi connectivity index (χ1n) is 6.13. The van der Waals surface area contributed by atoms with E-state index in [2.05, 4.69) is 5.32 Å². The third-order valence-electron chi connectivity index (χ3n) is 2.64. The van der Waals surface area contributed by atoms with Gasteiger partial charge in [-0.1, -0.05) is 19.1 Å². The quantitative estimate of drug-likeness (QED) is 0.616. The largest absolute Gasteiger partial charge is 0.353 e. The molecular weight excluding hydrogens is 264 g/mol. The maximum atomic E-state index is 11.5. The van der Waals surface area contributed by atoms with Crippen LogP contribution in [0.3, 0.4) is 0 Å². The molecule has 0 spiro atoms. The smallest absolute Gasteiger partial charge is 0.269 e. The van der Waals surface area contributed by atoms with Gasteiger partial charge in [0.2, 0.25) is 5.91 Å². The lowest BCUT2D eigenvalue weighted by Gasteiger charge is -2.10. The molecule has 0 unspecified atom stereocenters. The molecule has 5 nitrogen and oxygen atoms in total. The summed E-state index contributed by atoms with van der Waals surface area (Å²) in [5.74, 6) is 0.965. The average Bonchev–Trinajstić information content (AvgIpc) is 2.38. The Labute approximate surface area is 116 Å². The highest BCUT2D eigenvalue weighted by Gasteiger charge is 2.08. The minimum absolute atomic E-state index is 0.00443. The number of benzene rings is 1. The number of rotatable bonds is 7. The average molecular weight is 282 g/mol. The van der Waals surface area contributed by atoms with Gasteiger partial charge in [-0.15, -0.1) is 11.8 Å². The van der Waals surface area contributed by atoms with Crippen molar-refractivity contribution in [2.24, 2.45) is 0 Å². The number of hydrogen-bond donors (Lipinski definition) is 1. The van der Waals surface area contributed by atoms with E-state index in [1.807, 2.05) is 19.9 Å². The van der Waals surface area contributed by atoms with Crippen molar-refractivity contribution >= 4 is 23.4 Å². The number of amides is 1. The van der Waals surface area contributed by atoms with Crippen LogP contribution in [-0.4, -0.2) is 22.6 Å². The van der Waals surface area contributed by atoms with Crippen LogP contribution in [0.1, 0.15) is 25.8 Å². The lowest BCUT2D eigenvalue weighted by molar-refractivity contribution is -0.384. The predicted octanol–water partition coefficient (Wildman–Crippen LogP) is 2.74. The van der Waals surface area contributed by atoms with Crippen LogP contribution in [0, 0.1) is 10.1 Å². The molecule has 1 amide bonds. The van der Waals surface area contributed by atoms with Gasteiger partial charge in [-0.3, -0.25) is 14.9 Å². The van der Waals surface area contributed by atoms with E-state index in [1.165, 1.54) is 17.8 Å². The van der Waals surface area contributed by atoms with Crippen LogP contribution in [0.4, 0.5) is 5.69 Å². The molecule has 1 rings (SSSR count). The van der Waals surface area contributed by atoms with Gasteiger partial charge >= 0.3 is 0 Å². The topological polar surface area (TPSA) is 72.2 Å². The Kier molecular flexibility index (Phi) is 6.35. The maximum absolute atomic E-state index is 11.5. The van der Waals surface area contributed by atoms with Crippen molar-refractivity contribution in [2.75, 3.05) is 5.75 Å². The minimum atomic E-state index is -0.413. The van der Waals surface area contributed by atoms with Gasteiger partial charge in [-0.2, -0.15) is 0 Å². The Bertz CT molecular complexity index is 451. The van der Waals surface area contributed by atoms with E-state index in [4.69, 9.17) is 0 Å². The van der Waals surface area contributed by atoms with Gasteiger partial charge in [0.1, 0.15) is 0 Å². The van der Waals surface area contributed by atoms with E-state index >= 15 is 0 Å². The number of carbonyl (C=O) groups excluding carboxylic acids is 1. The second-order valence-corrected chi connectivity index (χ2v) is 5.28. The Morgan fingerprint density at radius 3 is 2.89 bits per heavy atom. The zero-order valence-corrected chi connectivity index (χ0v) is 11.9. The first kappa shape index (κ1) is 15.5. The molecule has 0 aliphatic carbocycles. The van der Waals surface area contributed by atoms with Crippen LogP contribution >= 0.6 is 11.8 Å². The third kappa shape index (κ3) is 5.74. The molecule has 19 heavy (non-hydrogen) atoms. The lowest BCUT2D eigenvalue weighted by Crippen LogP contribution is -2.33. The molecule has 6 heteroatoms. The van der Waals surface area contributed by atoms with Crippen LogP contribution in [0.15, 0.2) is 24.3 Å². The summed E-state index contributed by atoms with van der Waals surface area (Å²) in [6, 6.07) is 6.68. The second kappa shape index (κ2) is 7.78. The van der Waals surface area contributed by atoms with Crippen LogP contribution in [-0.2, 0) is 10.5 Å². The van der Waals surface area contributed by atoms with E-state index in [-0.39, 0.29) is 17.6 Å². The van der Waals surface area contributed by atoms with Gasteiger partial charge in [-0.25, -0.2) is 0 Å². The number of nitrogens with one attached hydrogen (secondary N) is 1. The summed E-state index contributed by atoms with van der Waals surface area (Å²) < 4.78 is 0. The van der Waals surface area contributed by atoms with Crippen molar-refractivity contribution in [2.45, 2.75) is 32.1 Å². The van der Waals surface area contributed by atoms with Gasteiger partial charge in [0.15, 0.2) is 0 Å². The maximum Gasteiger partial charge on any atom is 0.269 e. The number of nitro groups is 1. The standard InChI is InChI=1S/C13H18N2O3S/c1-3-10(2)14-13(16)9-19-8-11-5-4-6-12(7-11)15(17)18/h4-7,10H,3,8-9H2,1-2H3,(H,14,16)/t10-/m0/s1. The first-order chi connectivity index (χ1) is 9.02. The van der Waals surface area contributed by atoms with Gasteiger partial charge in [0, 0.05) is 23.9 Å². The van der Waals surface area contributed by atoms with Crippen LogP contribution in [0.25, 0.3) is 0 Å². The van der Waals surface area contributed by atoms with Gasteiger partial charge in [-0.05, 0) is 18.9 Å². The summed E-state index contributed by atoms with van der Waals surface area (Å²) in [7, 11) is 0. The number of nitrogens with zero attached hydrogens (tertiary/aromatic N) is 1. The molecule has 0 fully saturated rings. The van der Waals surface area contributed by atoms with E-state index in [1.54, 1.807) is 12.1 Å². The third-order valence-corrected chi connectivity index (χ3v) is 3.65. The lowest BCUT2D eigenvalue weighted by atomic mass is 10.2. The zero-order valence-electron chi connectivity index (χ0n) is 11.1. The molecule has 0 saturated heterocycles. The number of thioether (sulfide) groups is 1. The zero-order chi connectivity index (χ0) is 14.3. The highest BCUT2D eigenvalue weighted by Crippen LogP contribution is 2.17. The molecule has 0 radical (unpaired) electrons. The number of carbonyl (C=O) groups is 1. The molecule has 0 bridgehead atoms. The Morgan fingerprint density at radius 2 is 2.26 bits per heavy atom. The van der Waals surface area contributed by atoms with E-state index in [0.717, 1.165) is 12.0 Å². The summed E-state index contributed by atoms with van der Waals surface area (Å²) in [4.78, 5) is 21.7. The second-order valence-electron chi connectivity index (χ2n) is 4.30. The van der Waals surface area contributed by atoms with Crippen molar-refractivity contribution in [3.63, 3.8) is 0 Å². The van der Waals surface area contributed by atoms with Crippen molar-refractivity contribution in [1.82, 2.24) is 5.32 Å². The monoisotopic (exact) mass is 282 g/mol. The summed E-state index contributed by atoms with van der Waals surface area (Å²) >= 11 is 1.45.